The van der Waals surface area contributed by atoms with Crippen LogP contribution in [0.4, 0.5) is 0 Å². The standard InChI is InChI=1S/C31H38O11/c1-20(32)37-19-27-28(39-21(2)33)29(40-22(3)34)30(41-23(4)35)31(36,42-27)17-9-8-10-24-13-15-26(16-14-24)38-18-25-11-6-5-7-12-25/h5-7,11-16,27-30,36H,8-10,17-19H2,1-4H3/t27-,28-,29+,30-,31-/m1/s1. The van der Waals surface area contributed by atoms with E-state index < -0.39 is 60.7 Å². The molecule has 1 aliphatic rings. The minimum atomic E-state index is -2.14. The second-order valence-corrected chi connectivity index (χ2v) is 10.1. The number of hydrogen-bond acceptors (Lipinski definition) is 11. The molecule has 0 amide bonds. The zero-order valence-electron chi connectivity index (χ0n) is 24.3. The molecule has 228 valence electrons. The van der Waals surface area contributed by atoms with Gasteiger partial charge in [0.15, 0.2) is 18.3 Å². The number of carbonyl (C=O) groups excluding carboxylic acids is 4. The molecule has 11 heteroatoms. The van der Waals surface area contributed by atoms with E-state index in [0.29, 0.717) is 25.9 Å². The average Bonchev–Trinajstić information content (AvgIpc) is 2.93. The monoisotopic (exact) mass is 586 g/mol. The molecule has 2 aromatic carbocycles. The molecule has 0 radical (unpaired) electrons. The molecule has 11 nitrogen and oxygen atoms in total. The lowest BCUT2D eigenvalue weighted by Crippen LogP contribution is -2.68. The van der Waals surface area contributed by atoms with Gasteiger partial charge in [-0.05, 0) is 42.5 Å². The number of benzene rings is 2. The maximum Gasteiger partial charge on any atom is 0.303 e. The van der Waals surface area contributed by atoms with Crippen LogP contribution in [0, 0.1) is 0 Å². The Kier molecular flexibility index (Phi) is 11.9. The van der Waals surface area contributed by atoms with Crippen LogP contribution >= 0.6 is 0 Å². The Bertz CT molecular complexity index is 1200. The van der Waals surface area contributed by atoms with E-state index in [1.54, 1.807) is 0 Å². The third-order valence-electron chi connectivity index (χ3n) is 6.56. The van der Waals surface area contributed by atoms with Gasteiger partial charge in [0.1, 0.15) is 25.1 Å². The van der Waals surface area contributed by atoms with Crippen molar-refractivity contribution in [3.05, 3.63) is 65.7 Å². The summed E-state index contributed by atoms with van der Waals surface area (Å²) in [7, 11) is 0. The molecule has 5 atom stereocenters. The van der Waals surface area contributed by atoms with E-state index in [4.69, 9.17) is 28.4 Å². The van der Waals surface area contributed by atoms with Crippen LogP contribution < -0.4 is 4.74 Å². The summed E-state index contributed by atoms with van der Waals surface area (Å²) >= 11 is 0. The number of ether oxygens (including phenoxy) is 6. The molecule has 1 saturated heterocycles. The molecule has 2 aromatic rings. The van der Waals surface area contributed by atoms with E-state index >= 15 is 0 Å². The van der Waals surface area contributed by atoms with E-state index in [0.717, 1.165) is 37.6 Å². The number of esters is 4. The summed E-state index contributed by atoms with van der Waals surface area (Å²) in [6.07, 6.45) is -3.76. The first-order valence-electron chi connectivity index (χ1n) is 13.8. The van der Waals surface area contributed by atoms with Crippen LogP contribution in [0.2, 0.25) is 0 Å². The van der Waals surface area contributed by atoms with Gasteiger partial charge in [0.05, 0.1) is 0 Å². The lowest BCUT2D eigenvalue weighted by atomic mass is 9.88. The van der Waals surface area contributed by atoms with Crippen molar-refractivity contribution < 1.29 is 52.7 Å². The molecule has 3 rings (SSSR count). The highest BCUT2D eigenvalue weighted by Gasteiger charge is 2.59. The summed E-state index contributed by atoms with van der Waals surface area (Å²) in [5, 5.41) is 11.6. The van der Waals surface area contributed by atoms with Crippen molar-refractivity contribution >= 4 is 23.9 Å². The van der Waals surface area contributed by atoms with Crippen molar-refractivity contribution in [2.24, 2.45) is 0 Å². The highest BCUT2D eigenvalue weighted by molar-refractivity contribution is 5.68. The molecular formula is C31H38O11. The maximum absolute atomic E-state index is 12.0. The molecule has 0 spiro atoms. The molecule has 0 aliphatic carbocycles. The van der Waals surface area contributed by atoms with Gasteiger partial charge in [0.25, 0.3) is 0 Å². The van der Waals surface area contributed by atoms with Gasteiger partial charge in [-0.2, -0.15) is 0 Å². The van der Waals surface area contributed by atoms with E-state index in [-0.39, 0.29) is 6.42 Å². The normalized spacial score (nSPS) is 23.4. The van der Waals surface area contributed by atoms with E-state index in [2.05, 4.69) is 0 Å². The lowest BCUT2D eigenvalue weighted by Gasteiger charge is -2.48. The van der Waals surface area contributed by atoms with Crippen molar-refractivity contribution in [1.82, 2.24) is 0 Å². The van der Waals surface area contributed by atoms with Crippen molar-refractivity contribution in [1.29, 1.82) is 0 Å². The highest BCUT2D eigenvalue weighted by Crippen LogP contribution is 2.37. The third-order valence-corrected chi connectivity index (χ3v) is 6.56. The Morgan fingerprint density at radius 1 is 0.762 bits per heavy atom. The fourth-order valence-electron chi connectivity index (χ4n) is 4.76. The summed E-state index contributed by atoms with van der Waals surface area (Å²) in [4.78, 5) is 47.4. The van der Waals surface area contributed by atoms with Crippen LogP contribution in [0.1, 0.15) is 58.1 Å². The van der Waals surface area contributed by atoms with Gasteiger partial charge in [-0.1, -0.05) is 42.5 Å². The Balaban J connectivity index is 1.69. The lowest BCUT2D eigenvalue weighted by molar-refractivity contribution is -0.354. The molecule has 0 bridgehead atoms. The first-order chi connectivity index (χ1) is 20.0. The van der Waals surface area contributed by atoms with Gasteiger partial charge in [-0.25, -0.2) is 0 Å². The summed E-state index contributed by atoms with van der Waals surface area (Å²) in [5.41, 5.74) is 2.12. The van der Waals surface area contributed by atoms with Gasteiger partial charge in [-0.3, -0.25) is 19.2 Å². The predicted molar refractivity (Wildman–Crippen MR) is 148 cm³/mol. The van der Waals surface area contributed by atoms with Crippen molar-refractivity contribution in [2.45, 2.75) is 90.2 Å². The number of unbranched alkanes of at least 4 members (excludes halogenated alkanes) is 1. The second kappa shape index (κ2) is 15.3. The van der Waals surface area contributed by atoms with Gasteiger partial charge in [-0.15, -0.1) is 0 Å². The SMILES string of the molecule is CC(=O)OC[C@H]1O[C@](O)(CCCCc2ccc(OCc3ccccc3)cc2)[C@H](OC(C)=O)[C@@H](OC(C)=O)[C@@H]1OC(C)=O. The molecule has 1 N–H and O–H groups in total. The number of carbonyl (C=O) groups is 4. The largest absolute Gasteiger partial charge is 0.489 e. The topological polar surface area (TPSA) is 144 Å². The number of aliphatic hydroxyl groups is 1. The average molecular weight is 587 g/mol. The first kappa shape index (κ1) is 32.6. The predicted octanol–water partition coefficient (Wildman–Crippen LogP) is 3.42. The van der Waals surface area contributed by atoms with Gasteiger partial charge in [0.2, 0.25) is 5.79 Å². The smallest absolute Gasteiger partial charge is 0.303 e. The highest BCUT2D eigenvalue weighted by atomic mass is 16.7. The minimum absolute atomic E-state index is 0.0235. The quantitative estimate of drug-likeness (QED) is 0.209. The molecule has 0 saturated carbocycles. The third kappa shape index (κ3) is 9.85. The van der Waals surface area contributed by atoms with E-state index in [9.17, 15) is 24.3 Å². The molecular weight excluding hydrogens is 548 g/mol. The van der Waals surface area contributed by atoms with Crippen LogP contribution in [0.3, 0.4) is 0 Å². The summed E-state index contributed by atoms with van der Waals surface area (Å²) in [6, 6.07) is 17.6. The molecule has 1 heterocycles. The molecule has 1 fully saturated rings. The number of rotatable bonds is 13. The number of aryl methyl sites for hydroxylation is 1. The Morgan fingerprint density at radius 2 is 1.38 bits per heavy atom. The van der Waals surface area contributed by atoms with Crippen LogP contribution in [-0.4, -0.2) is 65.8 Å². The zero-order valence-corrected chi connectivity index (χ0v) is 24.3. The Labute approximate surface area is 245 Å². The minimum Gasteiger partial charge on any atom is -0.489 e. The van der Waals surface area contributed by atoms with E-state index in [1.807, 2.05) is 54.6 Å². The summed E-state index contributed by atoms with van der Waals surface area (Å²) in [6.45, 7) is 4.64. The van der Waals surface area contributed by atoms with Crippen LogP contribution in [0.5, 0.6) is 5.75 Å². The second-order valence-electron chi connectivity index (χ2n) is 10.1. The maximum atomic E-state index is 12.0. The van der Waals surface area contributed by atoms with Gasteiger partial charge in [0, 0.05) is 34.1 Å². The summed E-state index contributed by atoms with van der Waals surface area (Å²) < 4.78 is 32.9. The van der Waals surface area contributed by atoms with Crippen LogP contribution in [0.15, 0.2) is 54.6 Å². The van der Waals surface area contributed by atoms with Crippen molar-refractivity contribution in [3.63, 3.8) is 0 Å². The van der Waals surface area contributed by atoms with Crippen LogP contribution in [0.25, 0.3) is 0 Å². The van der Waals surface area contributed by atoms with Crippen molar-refractivity contribution in [2.75, 3.05) is 6.61 Å². The molecule has 0 unspecified atom stereocenters. The van der Waals surface area contributed by atoms with Gasteiger partial charge >= 0.3 is 23.9 Å². The van der Waals surface area contributed by atoms with Crippen LogP contribution in [-0.2, 0) is 55.9 Å². The molecule has 0 aromatic heterocycles. The Hall–Kier alpha value is -3.96. The van der Waals surface area contributed by atoms with Crippen molar-refractivity contribution in [3.8, 4) is 5.75 Å². The fourth-order valence-corrected chi connectivity index (χ4v) is 4.76. The van der Waals surface area contributed by atoms with Gasteiger partial charge < -0.3 is 33.5 Å². The first-order valence-corrected chi connectivity index (χ1v) is 13.8. The fraction of sp³-hybridized carbons (Fsp3) is 0.484. The molecule has 1 aliphatic heterocycles. The number of hydrogen-bond donors (Lipinski definition) is 1. The zero-order chi connectivity index (χ0) is 30.7. The molecule has 42 heavy (non-hydrogen) atoms. The van der Waals surface area contributed by atoms with E-state index in [1.165, 1.54) is 6.92 Å². The summed E-state index contributed by atoms with van der Waals surface area (Å²) in [5.74, 6) is -4.30. The Morgan fingerprint density at radius 3 is 1.98 bits per heavy atom.